The van der Waals surface area contributed by atoms with Gasteiger partial charge in [0.2, 0.25) is 0 Å². The van der Waals surface area contributed by atoms with E-state index in [0.29, 0.717) is 0 Å². The maximum atomic E-state index is 6.28. The summed E-state index contributed by atoms with van der Waals surface area (Å²) in [5.74, 6) is 0. The molecule has 0 bridgehead atoms. The van der Waals surface area contributed by atoms with E-state index in [9.17, 15) is 0 Å². The Morgan fingerprint density at radius 1 is 1.32 bits per heavy atom. The second-order valence-corrected chi connectivity index (χ2v) is 6.84. The van der Waals surface area contributed by atoms with Crippen LogP contribution in [0.5, 0.6) is 0 Å². The van der Waals surface area contributed by atoms with E-state index in [2.05, 4.69) is 37.7 Å². The van der Waals surface area contributed by atoms with E-state index in [4.69, 9.17) is 10.5 Å². The first-order valence-corrected chi connectivity index (χ1v) is 6.84. The van der Waals surface area contributed by atoms with Crippen LogP contribution in [0.4, 0.5) is 0 Å². The highest BCUT2D eigenvalue weighted by Crippen LogP contribution is 2.28. The van der Waals surface area contributed by atoms with Gasteiger partial charge in [0.15, 0.2) is 0 Å². The third-order valence-corrected chi connectivity index (χ3v) is 3.37. The smallest absolute Gasteiger partial charge is 0.0760 e. The molecule has 1 atom stereocenters. The first kappa shape index (κ1) is 14.5. The van der Waals surface area contributed by atoms with E-state index in [-0.39, 0.29) is 17.2 Å². The number of ether oxygens (including phenoxy) is 1. The first-order valence-electron chi connectivity index (χ1n) is 6.84. The molecule has 1 aromatic rings. The fourth-order valence-electron chi connectivity index (χ4n) is 3.09. The zero-order chi connectivity index (χ0) is 14.3. The van der Waals surface area contributed by atoms with Crippen LogP contribution in [0.3, 0.4) is 0 Å². The van der Waals surface area contributed by atoms with Gasteiger partial charge in [-0.1, -0.05) is 0 Å². The van der Waals surface area contributed by atoms with Gasteiger partial charge < -0.3 is 10.5 Å². The lowest BCUT2D eigenvalue weighted by Gasteiger charge is -2.47. The standard InChI is InChI=1S/C14H26N4O/c1-13(2)9-18(10-14(3,4)19-13)8-12(15)11-6-16-17(5)7-11/h6-7,12H,8-10,15H2,1-5H3. The predicted molar refractivity (Wildman–Crippen MR) is 75.8 cm³/mol. The van der Waals surface area contributed by atoms with Crippen LogP contribution < -0.4 is 5.73 Å². The van der Waals surface area contributed by atoms with Crippen molar-refractivity contribution in [2.75, 3.05) is 19.6 Å². The van der Waals surface area contributed by atoms with Gasteiger partial charge in [0.25, 0.3) is 0 Å². The predicted octanol–water partition coefficient (Wildman–Crippen LogP) is 1.31. The fourth-order valence-corrected chi connectivity index (χ4v) is 3.09. The summed E-state index contributed by atoms with van der Waals surface area (Å²) in [7, 11) is 1.91. The summed E-state index contributed by atoms with van der Waals surface area (Å²) in [6.07, 6.45) is 3.84. The van der Waals surface area contributed by atoms with Crippen molar-refractivity contribution in [3.05, 3.63) is 18.0 Å². The van der Waals surface area contributed by atoms with Crippen LogP contribution in [-0.4, -0.2) is 45.5 Å². The molecule has 0 aliphatic carbocycles. The zero-order valence-corrected chi connectivity index (χ0v) is 12.7. The number of hydrogen-bond donors (Lipinski definition) is 1. The minimum atomic E-state index is -0.129. The fraction of sp³-hybridized carbons (Fsp3) is 0.786. The third kappa shape index (κ3) is 3.78. The van der Waals surface area contributed by atoms with E-state index < -0.39 is 0 Å². The van der Waals surface area contributed by atoms with Gasteiger partial charge in [0, 0.05) is 44.5 Å². The lowest BCUT2D eigenvalue weighted by Crippen LogP contribution is -2.58. The molecule has 2 heterocycles. The molecule has 2 N–H and O–H groups in total. The summed E-state index contributed by atoms with van der Waals surface area (Å²) in [5, 5.41) is 4.18. The van der Waals surface area contributed by atoms with Crippen LogP contribution in [0.15, 0.2) is 12.4 Å². The van der Waals surface area contributed by atoms with Crippen molar-refractivity contribution >= 4 is 0 Å². The van der Waals surface area contributed by atoms with Crippen molar-refractivity contribution in [3.63, 3.8) is 0 Å². The van der Waals surface area contributed by atoms with Crippen molar-refractivity contribution in [1.29, 1.82) is 0 Å². The summed E-state index contributed by atoms with van der Waals surface area (Å²) in [6, 6.07) is -0.00148. The summed E-state index contributed by atoms with van der Waals surface area (Å²) in [6.45, 7) is 11.2. The molecule has 0 aromatic carbocycles. The van der Waals surface area contributed by atoms with Gasteiger partial charge in [-0.05, 0) is 27.7 Å². The van der Waals surface area contributed by atoms with E-state index >= 15 is 0 Å². The maximum Gasteiger partial charge on any atom is 0.0760 e. The van der Waals surface area contributed by atoms with Crippen LogP contribution in [0.2, 0.25) is 0 Å². The molecule has 2 rings (SSSR count). The Labute approximate surface area is 115 Å². The second-order valence-electron chi connectivity index (χ2n) is 6.84. The van der Waals surface area contributed by atoms with E-state index in [1.54, 1.807) is 4.68 Å². The first-order chi connectivity index (χ1) is 8.67. The van der Waals surface area contributed by atoms with Crippen LogP contribution in [-0.2, 0) is 11.8 Å². The van der Waals surface area contributed by atoms with E-state index in [0.717, 1.165) is 25.2 Å². The molecule has 0 spiro atoms. The Hall–Kier alpha value is -0.910. The van der Waals surface area contributed by atoms with Crippen molar-refractivity contribution in [2.45, 2.75) is 44.9 Å². The van der Waals surface area contributed by atoms with E-state index in [1.165, 1.54) is 0 Å². The Bertz CT molecular complexity index is 422. The van der Waals surface area contributed by atoms with Gasteiger partial charge in [0.1, 0.15) is 0 Å². The number of nitrogens with two attached hydrogens (primary N) is 1. The van der Waals surface area contributed by atoms with Gasteiger partial charge in [-0.2, -0.15) is 5.10 Å². The molecule has 5 nitrogen and oxygen atoms in total. The summed E-state index contributed by atoms with van der Waals surface area (Å²) >= 11 is 0. The Balaban J connectivity index is 2.02. The molecule has 108 valence electrons. The molecule has 0 radical (unpaired) electrons. The molecule has 1 saturated heterocycles. The Morgan fingerprint density at radius 2 is 1.89 bits per heavy atom. The summed E-state index contributed by atoms with van der Waals surface area (Å²) < 4.78 is 7.88. The van der Waals surface area contributed by atoms with Crippen LogP contribution in [0.25, 0.3) is 0 Å². The van der Waals surface area contributed by atoms with Crippen LogP contribution in [0.1, 0.15) is 39.3 Å². The van der Waals surface area contributed by atoms with Crippen molar-refractivity contribution in [1.82, 2.24) is 14.7 Å². The SMILES string of the molecule is Cn1cc(C(N)CN2CC(C)(C)OC(C)(C)C2)cn1. The number of aryl methyl sites for hydroxylation is 1. The summed E-state index contributed by atoms with van der Waals surface area (Å²) in [4.78, 5) is 2.39. The molecule has 0 amide bonds. The Morgan fingerprint density at radius 3 is 2.37 bits per heavy atom. The van der Waals surface area contributed by atoms with Gasteiger partial charge in [-0.25, -0.2) is 0 Å². The molecule has 19 heavy (non-hydrogen) atoms. The maximum absolute atomic E-state index is 6.28. The normalized spacial score (nSPS) is 24.3. The number of hydrogen-bond acceptors (Lipinski definition) is 4. The topological polar surface area (TPSA) is 56.3 Å². The monoisotopic (exact) mass is 266 g/mol. The number of rotatable bonds is 3. The van der Waals surface area contributed by atoms with Crippen molar-refractivity contribution in [2.24, 2.45) is 12.8 Å². The molecule has 0 saturated carbocycles. The largest absolute Gasteiger partial charge is 0.367 e. The lowest BCUT2D eigenvalue weighted by molar-refractivity contribution is -0.181. The highest BCUT2D eigenvalue weighted by atomic mass is 16.5. The van der Waals surface area contributed by atoms with Gasteiger partial charge >= 0.3 is 0 Å². The molecular weight excluding hydrogens is 240 g/mol. The van der Waals surface area contributed by atoms with E-state index in [1.807, 2.05) is 19.4 Å². The van der Waals surface area contributed by atoms with Gasteiger partial charge in [-0.3, -0.25) is 9.58 Å². The number of morpholine rings is 1. The average molecular weight is 266 g/mol. The second kappa shape index (κ2) is 4.89. The molecule has 1 aromatic heterocycles. The number of aromatic nitrogens is 2. The Kier molecular flexibility index (Phi) is 3.73. The molecule has 1 unspecified atom stereocenters. The minimum Gasteiger partial charge on any atom is -0.367 e. The molecule has 1 aliphatic rings. The molecule has 1 aliphatic heterocycles. The van der Waals surface area contributed by atoms with Crippen LogP contribution in [0, 0.1) is 0 Å². The molecule has 5 heteroatoms. The highest BCUT2D eigenvalue weighted by Gasteiger charge is 2.38. The van der Waals surface area contributed by atoms with Crippen molar-refractivity contribution in [3.8, 4) is 0 Å². The molecular formula is C14H26N4O. The average Bonchev–Trinajstić information content (AvgIpc) is 2.59. The van der Waals surface area contributed by atoms with Crippen molar-refractivity contribution < 1.29 is 4.74 Å². The highest BCUT2D eigenvalue weighted by molar-refractivity contribution is 5.10. The zero-order valence-electron chi connectivity index (χ0n) is 12.7. The molecule has 1 fully saturated rings. The quantitative estimate of drug-likeness (QED) is 0.896. The van der Waals surface area contributed by atoms with Gasteiger partial charge in [-0.15, -0.1) is 0 Å². The third-order valence-electron chi connectivity index (χ3n) is 3.37. The lowest BCUT2D eigenvalue weighted by atomic mass is 9.98. The minimum absolute atomic E-state index is 0.00148. The summed E-state index contributed by atoms with van der Waals surface area (Å²) in [5.41, 5.74) is 7.11. The number of nitrogens with zero attached hydrogens (tertiary/aromatic N) is 3. The van der Waals surface area contributed by atoms with Gasteiger partial charge in [0.05, 0.1) is 17.4 Å². The van der Waals surface area contributed by atoms with Crippen LogP contribution >= 0.6 is 0 Å².